The Morgan fingerprint density at radius 3 is 1.43 bits per heavy atom. The first-order chi connectivity index (χ1) is 17.0. The van der Waals surface area contributed by atoms with Crippen LogP contribution in [0.5, 0.6) is 0 Å². The lowest BCUT2D eigenvalue weighted by atomic mass is 9.95. The summed E-state index contributed by atoms with van der Waals surface area (Å²) in [7, 11) is 0.188. The van der Waals surface area contributed by atoms with Crippen LogP contribution in [0.3, 0.4) is 0 Å². The van der Waals surface area contributed by atoms with E-state index in [-0.39, 0.29) is 0 Å². The number of rotatable bonds is 17. The van der Waals surface area contributed by atoms with Crippen molar-refractivity contribution in [2.75, 3.05) is 53.9 Å². The highest BCUT2D eigenvalue weighted by atomic mass is 28.4. The molecule has 0 bridgehead atoms. The lowest BCUT2D eigenvalue weighted by Crippen LogP contribution is -2.56. The molecular weight excluding hydrogens is 480 g/mol. The molecule has 2 N–H and O–H groups in total. The van der Waals surface area contributed by atoms with Crippen molar-refractivity contribution in [2.24, 2.45) is 0 Å². The Hall–Kier alpha value is 0.114. The van der Waals surface area contributed by atoms with Gasteiger partial charge in [-0.1, -0.05) is 38.5 Å². The van der Waals surface area contributed by atoms with Gasteiger partial charge in [0.1, 0.15) is 0 Å². The second-order valence-electron chi connectivity index (χ2n) is 9.39. The molecule has 2 rings (SSSR count). The molecule has 2 saturated carbocycles. The van der Waals surface area contributed by atoms with Gasteiger partial charge in [0.2, 0.25) is 0 Å². The molecule has 210 valence electrons. The number of hydrogen-bond donors (Lipinski definition) is 2. The largest absolute Gasteiger partial charge is 0.515 e. The lowest BCUT2D eigenvalue weighted by Gasteiger charge is -2.31. The molecule has 8 nitrogen and oxygen atoms in total. The van der Waals surface area contributed by atoms with Crippen LogP contribution in [0.25, 0.3) is 0 Å². The summed E-state index contributed by atoms with van der Waals surface area (Å²) in [6.45, 7) is 8.99. The molecule has 2 aliphatic carbocycles. The van der Waals surface area contributed by atoms with E-state index < -0.39 is 17.6 Å². The molecule has 0 aliphatic heterocycles. The van der Waals surface area contributed by atoms with Crippen molar-refractivity contribution in [1.29, 1.82) is 0 Å². The van der Waals surface area contributed by atoms with E-state index in [1.807, 2.05) is 20.8 Å². The molecule has 0 unspecified atom stereocenters. The van der Waals surface area contributed by atoms with Crippen LogP contribution in [-0.2, 0) is 26.6 Å². The summed E-state index contributed by atoms with van der Waals surface area (Å²) in [5.74, 6) is 0. The zero-order valence-electron chi connectivity index (χ0n) is 23.6. The van der Waals surface area contributed by atoms with Gasteiger partial charge in [-0.2, -0.15) is 0 Å². The topological polar surface area (TPSA) is 79.4 Å². The van der Waals surface area contributed by atoms with E-state index in [1.165, 1.54) is 64.2 Å². The van der Waals surface area contributed by atoms with Crippen LogP contribution in [0.2, 0.25) is 6.04 Å². The Kier molecular flexibility index (Phi) is 19.1. The Morgan fingerprint density at radius 2 is 1.03 bits per heavy atom. The summed E-state index contributed by atoms with van der Waals surface area (Å²) < 4.78 is 33.7. The van der Waals surface area contributed by atoms with Crippen LogP contribution in [-0.4, -0.2) is 83.6 Å². The van der Waals surface area contributed by atoms with Crippen molar-refractivity contribution in [3.8, 4) is 0 Å². The minimum absolute atomic E-state index is 0.618. The van der Waals surface area contributed by atoms with Crippen LogP contribution < -0.4 is 10.6 Å². The van der Waals surface area contributed by atoms with Gasteiger partial charge in [0.15, 0.2) is 0 Å². The lowest BCUT2D eigenvalue weighted by molar-refractivity contribution is 0.0687. The van der Waals surface area contributed by atoms with Gasteiger partial charge < -0.3 is 37.2 Å². The molecule has 2 fully saturated rings. The van der Waals surface area contributed by atoms with E-state index in [2.05, 4.69) is 10.6 Å². The molecule has 0 radical (unpaired) electrons. The standard InChI is InChI=1S/C13H29NO3Si.C12H27NO3Si/c1-4-15-18(16-5-2,17-6-3)12-14-13-10-8-7-9-11-13;1-14-17(15-2,16-3)11-7-10-13-12-8-5-4-6-9-12/h13-14H,4-12H2,1-3H3;12-13H,4-11H2,1-3H3. The van der Waals surface area contributed by atoms with Gasteiger partial charge in [0.25, 0.3) is 0 Å². The molecule has 0 aromatic heterocycles. The molecule has 0 aromatic rings. The van der Waals surface area contributed by atoms with Crippen LogP contribution in [0.1, 0.15) is 91.4 Å². The smallest absolute Gasteiger partial charge is 0.377 e. The van der Waals surface area contributed by atoms with Gasteiger partial charge in [-0.05, 0) is 59.4 Å². The zero-order valence-corrected chi connectivity index (χ0v) is 25.6. The molecule has 0 aromatic carbocycles. The Bertz CT molecular complexity index is 465. The highest BCUT2D eigenvalue weighted by molar-refractivity contribution is 6.61. The van der Waals surface area contributed by atoms with Gasteiger partial charge >= 0.3 is 17.6 Å². The van der Waals surface area contributed by atoms with Crippen LogP contribution in [0.4, 0.5) is 0 Å². The van der Waals surface area contributed by atoms with Crippen molar-refractivity contribution in [2.45, 2.75) is 110 Å². The third kappa shape index (κ3) is 13.5. The minimum Gasteiger partial charge on any atom is -0.377 e. The molecule has 35 heavy (non-hydrogen) atoms. The monoisotopic (exact) mass is 536 g/mol. The van der Waals surface area contributed by atoms with Crippen molar-refractivity contribution >= 4 is 17.6 Å². The summed E-state index contributed by atoms with van der Waals surface area (Å²) in [5, 5.41) is 7.23. The van der Waals surface area contributed by atoms with E-state index in [0.29, 0.717) is 25.9 Å². The van der Waals surface area contributed by atoms with E-state index in [0.717, 1.165) is 31.2 Å². The predicted molar refractivity (Wildman–Crippen MR) is 147 cm³/mol. The second kappa shape index (κ2) is 20.1. The Labute approximate surface area is 218 Å². The number of hydrogen-bond acceptors (Lipinski definition) is 8. The minimum atomic E-state index is -2.49. The molecular formula is C25H56N2O6Si2. The molecule has 0 saturated heterocycles. The fraction of sp³-hybridized carbons (Fsp3) is 1.00. The molecule has 0 amide bonds. The molecule has 0 atom stereocenters. The first-order valence-corrected chi connectivity index (χ1v) is 17.9. The van der Waals surface area contributed by atoms with Crippen molar-refractivity contribution < 1.29 is 26.6 Å². The summed E-state index contributed by atoms with van der Waals surface area (Å²) >= 11 is 0. The van der Waals surface area contributed by atoms with Crippen LogP contribution >= 0.6 is 0 Å². The normalized spacial score (nSPS) is 18.3. The van der Waals surface area contributed by atoms with Gasteiger partial charge in [0, 0.05) is 59.3 Å². The zero-order chi connectivity index (χ0) is 25.8. The summed E-state index contributed by atoms with van der Waals surface area (Å²) in [4.78, 5) is 0. The van der Waals surface area contributed by atoms with E-state index in [1.54, 1.807) is 21.3 Å². The maximum absolute atomic E-state index is 5.83. The second-order valence-corrected chi connectivity index (χ2v) is 15.1. The molecule has 0 heterocycles. The molecule has 0 spiro atoms. The van der Waals surface area contributed by atoms with Crippen molar-refractivity contribution in [3.63, 3.8) is 0 Å². The fourth-order valence-electron chi connectivity index (χ4n) is 4.99. The SMILES string of the molecule is CCO[Si](CNC1CCCCC1)(OCC)OCC.CO[Si](CCCNC1CCCCC1)(OC)OC. The predicted octanol–water partition coefficient (Wildman–Crippen LogP) is 4.67. The fourth-order valence-corrected chi connectivity index (χ4v) is 9.12. The Morgan fingerprint density at radius 1 is 0.600 bits per heavy atom. The Balaban J connectivity index is 0.000000351. The maximum atomic E-state index is 5.83. The average Bonchev–Trinajstić information content (AvgIpc) is 2.90. The number of nitrogens with one attached hydrogen (secondary N) is 2. The van der Waals surface area contributed by atoms with Crippen molar-refractivity contribution in [1.82, 2.24) is 10.6 Å². The van der Waals surface area contributed by atoms with Crippen LogP contribution in [0.15, 0.2) is 0 Å². The van der Waals surface area contributed by atoms with Gasteiger partial charge in [0.05, 0.1) is 6.17 Å². The first kappa shape index (κ1) is 33.1. The summed E-state index contributed by atoms with van der Waals surface area (Å²) in [5.41, 5.74) is 0. The van der Waals surface area contributed by atoms with E-state index >= 15 is 0 Å². The van der Waals surface area contributed by atoms with Crippen molar-refractivity contribution in [3.05, 3.63) is 0 Å². The van der Waals surface area contributed by atoms with E-state index in [9.17, 15) is 0 Å². The van der Waals surface area contributed by atoms with Crippen LogP contribution in [0, 0.1) is 0 Å². The van der Waals surface area contributed by atoms with Gasteiger partial charge in [-0.3, -0.25) is 0 Å². The third-order valence-corrected chi connectivity index (χ3v) is 12.6. The summed E-state index contributed by atoms with van der Waals surface area (Å²) in [6, 6.07) is 2.23. The quantitative estimate of drug-likeness (QED) is 0.205. The van der Waals surface area contributed by atoms with E-state index in [4.69, 9.17) is 26.6 Å². The first-order valence-electron chi connectivity index (χ1n) is 14.1. The van der Waals surface area contributed by atoms with Gasteiger partial charge in [-0.25, -0.2) is 0 Å². The highest BCUT2D eigenvalue weighted by Crippen LogP contribution is 2.19. The maximum Gasteiger partial charge on any atom is 0.515 e. The molecule has 2 aliphatic rings. The average molecular weight is 537 g/mol. The van der Waals surface area contributed by atoms with Gasteiger partial charge in [-0.15, -0.1) is 0 Å². The summed E-state index contributed by atoms with van der Waals surface area (Å²) in [6.07, 6.45) is 15.2. The molecule has 10 heteroatoms. The highest BCUT2D eigenvalue weighted by Gasteiger charge is 2.41. The third-order valence-electron chi connectivity index (χ3n) is 6.94.